The minimum Gasteiger partial charge on any atom is -0.322 e. The number of piperazine rings is 1. The lowest BCUT2D eigenvalue weighted by molar-refractivity contribution is -0.136. The summed E-state index contributed by atoms with van der Waals surface area (Å²) in [6.45, 7) is 3.69. The van der Waals surface area contributed by atoms with Gasteiger partial charge in [0.25, 0.3) is 5.91 Å². The van der Waals surface area contributed by atoms with Gasteiger partial charge >= 0.3 is 0 Å². The number of pyridine rings is 1. The van der Waals surface area contributed by atoms with Crippen molar-refractivity contribution in [1.82, 2.24) is 25.0 Å². The number of fused-ring (bicyclic) bond motifs is 1. The minimum absolute atomic E-state index is 0.0394. The van der Waals surface area contributed by atoms with E-state index in [2.05, 4.69) is 50.4 Å². The van der Waals surface area contributed by atoms with Gasteiger partial charge < -0.3 is 4.90 Å². The molecule has 39 heavy (non-hydrogen) atoms. The third-order valence-electron chi connectivity index (χ3n) is 8.01. The Bertz CT molecular complexity index is 1350. The zero-order valence-corrected chi connectivity index (χ0v) is 21.6. The first-order valence-corrected chi connectivity index (χ1v) is 13.4. The molecule has 8 nitrogen and oxygen atoms in total. The highest BCUT2D eigenvalue weighted by Gasteiger charge is 2.40. The van der Waals surface area contributed by atoms with Crippen LogP contribution in [0.1, 0.15) is 51.5 Å². The number of hydrogen-bond donors (Lipinski definition) is 1. The third-order valence-corrected chi connectivity index (χ3v) is 8.01. The summed E-state index contributed by atoms with van der Waals surface area (Å²) in [4.78, 5) is 47.2. The van der Waals surface area contributed by atoms with E-state index in [1.54, 1.807) is 18.3 Å². The number of imide groups is 1. The fraction of sp³-hybridized carbons (Fsp3) is 0.333. The number of carbonyl (C=O) groups is 3. The molecule has 2 fully saturated rings. The van der Waals surface area contributed by atoms with E-state index in [0.29, 0.717) is 23.2 Å². The van der Waals surface area contributed by atoms with Crippen LogP contribution in [0.2, 0.25) is 0 Å². The molecule has 1 N–H and O–H groups in total. The van der Waals surface area contributed by atoms with Crippen LogP contribution in [0.4, 0.5) is 4.39 Å². The highest BCUT2D eigenvalue weighted by molar-refractivity contribution is 6.05. The van der Waals surface area contributed by atoms with Crippen molar-refractivity contribution < 1.29 is 18.8 Å². The maximum atomic E-state index is 15.7. The molecule has 6 rings (SSSR count). The van der Waals surface area contributed by atoms with E-state index in [1.807, 2.05) is 18.3 Å². The molecule has 2 unspecified atom stereocenters. The van der Waals surface area contributed by atoms with Gasteiger partial charge in [0.1, 0.15) is 11.9 Å². The zero-order valence-electron chi connectivity index (χ0n) is 21.6. The Morgan fingerprint density at radius 1 is 0.949 bits per heavy atom. The molecule has 3 aliphatic heterocycles. The lowest BCUT2D eigenvalue weighted by Crippen LogP contribution is -2.52. The van der Waals surface area contributed by atoms with Gasteiger partial charge in [0.2, 0.25) is 11.8 Å². The number of amides is 3. The van der Waals surface area contributed by atoms with Crippen LogP contribution in [0.5, 0.6) is 0 Å². The lowest BCUT2D eigenvalue weighted by atomic mass is 9.97. The summed E-state index contributed by atoms with van der Waals surface area (Å²) < 4.78 is 15.7. The van der Waals surface area contributed by atoms with Crippen molar-refractivity contribution in [3.05, 3.63) is 101 Å². The van der Waals surface area contributed by atoms with Crippen LogP contribution in [0.25, 0.3) is 0 Å². The molecule has 9 heteroatoms. The zero-order chi connectivity index (χ0) is 26.9. The number of nitrogens with one attached hydrogen (secondary N) is 1. The van der Waals surface area contributed by atoms with Gasteiger partial charge in [-0.25, -0.2) is 4.39 Å². The second kappa shape index (κ2) is 10.7. The molecule has 4 heterocycles. The lowest BCUT2D eigenvalue weighted by Gasteiger charge is -2.39. The summed E-state index contributed by atoms with van der Waals surface area (Å²) in [5.41, 5.74) is 3.54. The van der Waals surface area contributed by atoms with Gasteiger partial charge in [-0.2, -0.15) is 0 Å². The van der Waals surface area contributed by atoms with Crippen LogP contribution in [0, 0.1) is 5.82 Å². The van der Waals surface area contributed by atoms with E-state index in [1.165, 1.54) is 10.5 Å². The van der Waals surface area contributed by atoms with Crippen LogP contribution in [-0.4, -0.2) is 69.6 Å². The van der Waals surface area contributed by atoms with Crippen molar-refractivity contribution in [3.63, 3.8) is 0 Å². The molecule has 2 aromatic carbocycles. The van der Waals surface area contributed by atoms with Crippen molar-refractivity contribution >= 4 is 17.7 Å². The number of piperidine rings is 1. The molecule has 3 amide bonds. The normalized spacial score (nSPS) is 21.1. The Kier molecular flexibility index (Phi) is 6.93. The molecule has 1 aromatic heterocycles. The van der Waals surface area contributed by atoms with Gasteiger partial charge in [-0.1, -0.05) is 42.5 Å². The monoisotopic (exact) mass is 527 g/mol. The Balaban J connectivity index is 1.14. The number of aromatic nitrogens is 1. The molecule has 200 valence electrons. The second-order valence-electron chi connectivity index (χ2n) is 10.4. The molecule has 0 radical (unpaired) electrons. The van der Waals surface area contributed by atoms with E-state index in [9.17, 15) is 14.4 Å². The second-order valence-corrected chi connectivity index (χ2v) is 10.4. The average molecular weight is 528 g/mol. The summed E-state index contributed by atoms with van der Waals surface area (Å²) in [5.74, 6) is -1.58. The molecular weight excluding hydrogens is 497 g/mol. The number of hydrogen-bond acceptors (Lipinski definition) is 6. The summed E-state index contributed by atoms with van der Waals surface area (Å²) in [5, 5.41) is 2.29. The van der Waals surface area contributed by atoms with Crippen LogP contribution in [-0.2, 0) is 22.7 Å². The van der Waals surface area contributed by atoms with E-state index in [-0.39, 0.29) is 43.1 Å². The molecule has 2 atom stereocenters. The Morgan fingerprint density at radius 3 is 2.44 bits per heavy atom. The maximum absolute atomic E-state index is 15.7. The highest BCUT2D eigenvalue weighted by Crippen LogP contribution is 2.32. The topological polar surface area (TPSA) is 85.9 Å². The summed E-state index contributed by atoms with van der Waals surface area (Å²) in [6.07, 6.45) is 4.13. The first-order valence-electron chi connectivity index (χ1n) is 13.4. The number of carbonyl (C=O) groups excluding carboxylic acids is 3. The molecule has 0 saturated carbocycles. The summed E-state index contributed by atoms with van der Waals surface area (Å²) in [7, 11) is 0. The van der Waals surface area contributed by atoms with Crippen LogP contribution >= 0.6 is 0 Å². The number of benzene rings is 2. The molecule has 2 saturated heterocycles. The number of nitrogens with zero attached hydrogens (tertiary/aromatic N) is 4. The smallest absolute Gasteiger partial charge is 0.255 e. The Morgan fingerprint density at radius 2 is 1.72 bits per heavy atom. The van der Waals surface area contributed by atoms with Crippen molar-refractivity contribution in [3.8, 4) is 0 Å². The van der Waals surface area contributed by atoms with Crippen molar-refractivity contribution in [2.75, 3.05) is 26.2 Å². The molecule has 0 bridgehead atoms. The highest BCUT2D eigenvalue weighted by atomic mass is 19.1. The van der Waals surface area contributed by atoms with E-state index >= 15 is 4.39 Å². The standard InChI is InChI=1S/C30H30FN5O3/c31-27-22(8-9-23-24(27)19-36(30(23)39)25-10-11-26(37)33-29(25)38)18-34-13-15-35(16-14-34)28(20-5-2-1-3-6-20)21-7-4-12-32-17-21/h1-9,12,17,25,28H,10-11,13-16,18-19H2,(H,33,37,38). The largest absolute Gasteiger partial charge is 0.322 e. The van der Waals surface area contributed by atoms with Gasteiger partial charge in [0.05, 0.1) is 12.6 Å². The predicted octanol–water partition coefficient (Wildman–Crippen LogP) is 2.89. The minimum atomic E-state index is -0.754. The van der Waals surface area contributed by atoms with E-state index < -0.39 is 11.9 Å². The fourth-order valence-electron chi connectivity index (χ4n) is 5.98. The van der Waals surface area contributed by atoms with Gasteiger partial charge in [-0.3, -0.25) is 34.5 Å². The summed E-state index contributed by atoms with van der Waals surface area (Å²) in [6, 6.07) is 17.2. The fourth-order valence-corrected chi connectivity index (χ4v) is 5.98. The number of rotatable bonds is 6. The Labute approximate surface area is 226 Å². The van der Waals surface area contributed by atoms with Gasteiger partial charge in [-0.15, -0.1) is 0 Å². The van der Waals surface area contributed by atoms with Gasteiger partial charge in [0.15, 0.2) is 0 Å². The molecular formula is C30H30FN5O3. The van der Waals surface area contributed by atoms with E-state index in [4.69, 9.17) is 0 Å². The first-order chi connectivity index (χ1) is 19.0. The van der Waals surface area contributed by atoms with Crippen molar-refractivity contribution in [1.29, 1.82) is 0 Å². The van der Waals surface area contributed by atoms with Crippen molar-refractivity contribution in [2.45, 2.75) is 38.0 Å². The SMILES string of the molecule is O=C1CCC(N2Cc3c(ccc(CN4CCN(C(c5ccccc5)c5cccnc5)CC4)c3F)C2=O)C(=O)N1. The predicted molar refractivity (Wildman–Crippen MR) is 142 cm³/mol. The quantitative estimate of drug-likeness (QED) is 0.497. The first kappa shape index (κ1) is 25.3. The molecule has 0 spiro atoms. The molecule has 3 aliphatic rings. The Hall–Kier alpha value is -3.95. The van der Waals surface area contributed by atoms with Crippen LogP contribution in [0.15, 0.2) is 67.0 Å². The number of halogens is 1. The van der Waals surface area contributed by atoms with Crippen LogP contribution in [0.3, 0.4) is 0 Å². The van der Waals surface area contributed by atoms with Gasteiger partial charge in [-0.05, 0) is 29.7 Å². The third kappa shape index (κ3) is 4.95. The maximum Gasteiger partial charge on any atom is 0.255 e. The molecule has 3 aromatic rings. The van der Waals surface area contributed by atoms with Crippen molar-refractivity contribution in [2.24, 2.45) is 0 Å². The van der Waals surface area contributed by atoms with E-state index in [0.717, 1.165) is 31.7 Å². The van der Waals surface area contributed by atoms with Gasteiger partial charge in [0, 0.05) is 68.2 Å². The van der Waals surface area contributed by atoms with Crippen LogP contribution < -0.4 is 5.32 Å². The molecule has 0 aliphatic carbocycles. The summed E-state index contributed by atoms with van der Waals surface area (Å²) >= 11 is 0. The average Bonchev–Trinajstić information content (AvgIpc) is 3.29.